The standard InChI is InChI=1S/C15H15N3O4/c1-15(2)21-13(19)10(14(20)22-15)7-16-11-6-4-5-9-8-18(3)17-12(9)11/h4-8,16H,1-3H3. The first-order valence-corrected chi connectivity index (χ1v) is 6.71. The molecule has 0 unspecified atom stereocenters. The third kappa shape index (κ3) is 2.52. The van der Waals surface area contributed by atoms with Crippen LogP contribution < -0.4 is 5.32 Å². The van der Waals surface area contributed by atoms with Gasteiger partial charge in [-0.2, -0.15) is 5.10 Å². The van der Waals surface area contributed by atoms with Crippen molar-refractivity contribution in [1.82, 2.24) is 9.78 Å². The van der Waals surface area contributed by atoms with Gasteiger partial charge in [-0.25, -0.2) is 9.59 Å². The maximum Gasteiger partial charge on any atom is 0.350 e. The topological polar surface area (TPSA) is 82.5 Å². The highest BCUT2D eigenvalue weighted by molar-refractivity contribution is 6.15. The predicted octanol–water partition coefficient (Wildman–Crippen LogP) is 1.71. The number of carbonyl (C=O) groups is 2. The number of nitrogens with zero attached hydrogens (tertiary/aromatic N) is 2. The second-order valence-corrected chi connectivity index (χ2v) is 5.43. The Labute approximate surface area is 126 Å². The quantitative estimate of drug-likeness (QED) is 0.516. The van der Waals surface area contributed by atoms with Gasteiger partial charge in [-0.05, 0) is 6.07 Å². The summed E-state index contributed by atoms with van der Waals surface area (Å²) in [7, 11) is 1.82. The van der Waals surface area contributed by atoms with Crippen molar-refractivity contribution in [3.05, 3.63) is 36.2 Å². The van der Waals surface area contributed by atoms with Crippen molar-refractivity contribution in [2.45, 2.75) is 19.6 Å². The maximum atomic E-state index is 11.9. The molecule has 22 heavy (non-hydrogen) atoms. The van der Waals surface area contributed by atoms with Gasteiger partial charge in [0.1, 0.15) is 5.52 Å². The van der Waals surface area contributed by atoms with Gasteiger partial charge in [0.15, 0.2) is 5.57 Å². The maximum absolute atomic E-state index is 11.9. The van der Waals surface area contributed by atoms with Crippen LogP contribution in [-0.4, -0.2) is 27.5 Å². The number of cyclic esters (lactones) is 2. The molecule has 0 radical (unpaired) electrons. The van der Waals surface area contributed by atoms with E-state index in [-0.39, 0.29) is 5.57 Å². The van der Waals surface area contributed by atoms with Gasteiger partial charge < -0.3 is 14.8 Å². The average Bonchev–Trinajstić information content (AvgIpc) is 2.77. The van der Waals surface area contributed by atoms with Crippen LogP contribution in [0.3, 0.4) is 0 Å². The molecule has 0 saturated carbocycles. The van der Waals surface area contributed by atoms with E-state index in [4.69, 9.17) is 9.47 Å². The van der Waals surface area contributed by atoms with Crippen LogP contribution in [0.15, 0.2) is 36.2 Å². The number of esters is 2. The van der Waals surface area contributed by atoms with E-state index in [1.54, 1.807) is 10.7 Å². The molecule has 1 saturated heterocycles. The lowest BCUT2D eigenvalue weighted by Crippen LogP contribution is -2.42. The van der Waals surface area contributed by atoms with E-state index in [1.807, 2.05) is 25.4 Å². The molecule has 0 spiro atoms. The first-order valence-electron chi connectivity index (χ1n) is 6.71. The second kappa shape index (κ2) is 4.87. The lowest BCUT2D eigenvalue weighted by Gasteiger charge is -2.29. The fraction of sp³-hybridized carbons (Fsp3) is 0.267. The zero-order valence-corrected chi connectivity index (χ0v) is 12.4. The number of anilines is 1. The van der Waals surface area contributed by atoms with Gasteiger partial charge in [-0.3, -0.25) is 4.68 Å². The molecule has 114 valence electrons. The Kier molecular flexibility index (Phi) is 3.13. The van der Waals surface area contributed by atoms with Crippen molar-refractivity contribution in [3.63, 3.8) is 0 Å². The number of rotatable bonds is 2. The van der Waals surface area contributed by atoms with Gasteiger partial charge >= 0.3 is 11.9 Å². The predicted molar refractivity (Wildman–Crippen MR) is 78.7 cm³/mol. The second-order valence-electron chi connectivity index (χ2n) is 5.43. The summed E-state index contributed by atoms with van der Waals surface area (Å²) in [5, 5.41) is 8.20. The molecule has 1 aromatic carbocycles. The molecule has 7 nitrogen and oxygen atoms in total. The third-order valence-corrected chi connectivity index (χ3v) is 3.14. The molecule has 0 atom stereocenters. The Balaban J connectivity index is 1.90. The highest BCUT2D eigenvalue weighted by atomic mass is 16.7. The van der Waals surface area contributed by atoms with Crippen LogP contribution in [0.4, 0.5) is 5.69 Å². The number of carbonyl (C=O) groups excluding carboxylic acids is 2. The number of ether oxygens (including phenoxy) is 2. The number of hydrogen-bond acceptors (Lipinski definition) is 6. The zero-order valence-electron chi connectivity index (χ0n) is 12.4. The highest BCUT2D eigenvalue weighted by Gasteiger charge is 2.38. The Morgan fingerprint density at radius 2 is 1.91 bits per heavy atom. The van der Waals surface area contributed by atoms with Crippen molar-refractivity contribution < 1.29 is 19.1 Å². The molecular weight excluding hydrogens is 286 g/mol. The van der Waals surface area contributed by atoms with Crippen molar-refractivity contribution in [3.8, 4) is 0 Å². The van der Waals surface area contributed by atoms with Crippen LogP contribution in [0, 0.1) is 0 Å². The normalized spacial score (nSPS) is 17.1. The van der Waals surface area contributed by atoms with Gasteiger partial charge in [-0.1, -0.05) is 12.1 Å². The highest BCUT2D eigenvalue weighted by Crippen LogP contribution is 2.24. The van der Waals surface area contributed by atoms with E-state index in [9.17, 15) is 9.59 Å². The van der Waals surface area contributed by atoms with E-state index < -0.39 is 17.7 Å². The number of nitrogens with one attached hydrogen (secondary N) is 1. The fourth-order valence-corrected chi connectivity index (χ4v) is 2.21. The van der Waals surface area contributed by atoms with Crippen LogP contribution in [0.25, 0.3) is 10.9 Å². The van der Waals surface area contributed by atoms with Gasteiger partial charge in [0.05, 0.1) is 5.69 Å². The number of fused-ring (bicyclic) bond motifs is 1. The lowest BCUT2D eigenvalue weighted by atomic mass is 10.2. The van der Waals surface area contributed by atoms with Crippen molar-refractivity contribution in [2.75, 3.05) is 5.32 Å². The number of hydrogen-bond donors (Lipinski definition) is 1. The number of benzene rings is 1. The summed E-state index contributed by atoms with van der Waals surface area (Å²) < 4.78 is 11.7. The van der Waals surface area contributed by atoms with Crippen molar-refractivity contribution in [2.24, 2.45) is 7.05 Å². The summed E-state index contributed by atoms with van der Waals surface area (Å²) in [6.45, 7) is 3.00. The monoisotopic (exact) mass is 301 g/mol. The molecule has 1 aromatic heterocycles. The molecule has 1 fully saturated rings. The van der Waals surface area contributed by atoms with Crippen molar-refractivity contribution >= 4 is 28.5 Å². The summed E-state index contributed by atoms with van der Waals surface area (Å²) >= 11 is 0. The average molecular weight is 301 g/mol. The Bertz CT molecular complexity index is 782. The van der Waals surface area contributed by atoms with E-state index in [2.05, 4.69) is 10.4 Å². The minimum Gasteiger partial charge on any atom is -0.419 e. The van der Waals surface area contributed by atoms with E-state index in [0.717, 1.165) is 10.9 Å². The summed E-state index contributed by atoms with van der Waals surface area (Å²) in [6.07, 6.45) is 3.16. The third-order valence-electron chi connectivity index (χ3n) is 3.14. The van der Waals surface area contributed by atoms with Crippen LogP contribution in [0.5, 0.6) is 0 Å². The van der Waals surface area contributed by atoms with Crippen LogP contribution in [0.2, 0.25) is 0 Å². The largest absolute Gasteiger partial charge is 0.419 e. The molecule has 1 aliphatic heterocycles. The molecule has 0 aliphatic carbocycles. The van der Waals surface area contributed by atoms with Gasteiger partial charge in [0, 0.05) is 38.7 Å². The zero-order chi connectivity index (χ0) is 15.9. The molecule has 0 amide bonds. The molecular formula is C15H15N3O4. The smallest absolute Gasteiger partial charge is 0.350 e. The Morgan fingerprint density at radius 3 is 2.59 bits per heavy atom. The summed E-state index contributed by atoms with van der Waals surface area (Å²) in [4.78, 5) is 23.7. The SMILES string of the molecule is Cn1cc2cccc(NC=C3C(=O)OC(C)(C)OC3=O)c2n1. The lowest BCUT2D eigenvalue weighted by molar-refractivity contribution is -0.222. The number of aryl methyl sites for hydroxylation is 1. The molecule has 2 heterocycles. The summed E-state index contributed by atoms with van der Waals surface area (Å²) in [5.41, 5.74) is 1.23. The first kappa shape index (κ1) is 14.1. The van der Waals surface area contributed by atoms with E-state index in [1.165, 1.54) is 20.0 Å². The Morgan fingerprint density at radius 1 is 1.23 bits per heavy atom. The van der Waals surface area contributed by atoms with Crippen molar-refractivity contribution in [1.29, 1.82) is 0 Å². The fourth-order valence-electron chi connectivity index (χ4n) is 2.21. The van der Waals surface area contributed by atoms with Crippen LogP contribution in [0.1, 0.15) is 13.8 Å². The van der Waals surface area contributed by atoms with Gasteiger partial charge in [0.2, 0.25) is 0 Å². The molecule has 7 heteroatoms. The molecule has 2 aromatic rings. The van der Waals surface area contributed by atoms with E-state index >= 15 is 0 Å². The minimum atomic E-state index is -1.24. The van der Waals surface area contributed by atoms with Gasteiger partial charge in [0.25, 0.3) is 5.79 Å². The number of aromatic nitrogens is 2. The first-order chi connectivity index (χ1) is 10.4. The Hall–Kier alpha value is -2.83. The molecule has 0 bridgehead atoms. The van der Waals surface area contributed by atoms with Gasteiger partial charge in [-0.15, -0.1) is 0 Å². The molecule has 1 aliphatic rings. The molecule has 1 N–H and O–H groups in total. The summed E-state index contributed by atoms with van der Waals surface area (Å²) in [6, 6.07) is 5.58. The van der Waals surface area contributed by atoms with Crippen LogP contribution in [-0.2, 0) is 26.1 Å². The molecule has 3 rings (SSSR count). The van der Waals surface area contributed by atoms with Crippen LogP contribution >= 0.6 is 0 Å². The summed E-state index contributed by atoms with van der Waals surface area (Å²) in [5.74, 6) is -2.68. The van der Waals surface area contributed by atoms with E-state index in [0.29, 0.717) is 5.69 Å². The minimum absolute atomic E-state index is 0.188.